The van der Waals surface area contributed by atoms with Crippen molar-refractivity contribution in [3.63, 3.8) is 0 Å². The van der Waals surface area contributed by atoms with Crippen LogP contribution in [0.15, 0.2) is 12.1 Å². The molecule has 0 aliphatic heterocycles. The molecule has 1 aromatic rings. The lowest BCUT2D eigenvalue weighted by Gasteiger charge is -2.20. The smallest absolute Gasteiger partial charge is 0.386 e. The standard InChI is InChI=1S/C8H9F3O3Si/c1-13-15(12,14-2)8-6(10)3-5(9)4-7(8)11/h3-4,12H,1-2H3. The first-order chi connectivity index (χ1) is 6.94. The molecule has 0 atom stereocenters. The number of hydrogen-bond donors (Lipinski definition) is 1. The van der Waals surface area contributed by atoms with Crippen LogP contribution in [-0.2, 0) is 8.85 Å². The molecule has 1 N–H and O–H groups in total. The zero-order valence-electron chi connectivity index (χ0n) is 8.05. The molecule has 0 spiro atoms. The van der Waals surface area contributed by atoms with Crippen molar-refractivity contribution in [3.05, 3.63) is 29.6 Å². The van der Waals surface area contributed by atoms with E-state index in [0.29, 0.717) is 12.1 Å². The minimum atomic E-state index is -4.10. The number of benzene rings is 1. The summed E-state index contributed by atoms with van der Waals surface area (Å²) in [5.74, 6) is -3.53. The lowest BCUT2D eigenvalue weighted by atomic mass is 10.3. The minimum absolute atomic E-state index is 0.453. The van der Waals surface area contributed by atoms with Crippen LogP contribution in [0, 0.1) is 17.5 Å². The Balaban J connectivity index is 3.36. The van der Waals surface area contributed by atoms with Crippen LogP contribution in [-0.4, -0.2) is 27.8 Å². The predicted octanol–water partition coefficient (Wildman–Crippen LogP) is 0.535. The van der Waals surface area contributed by atoms with Crippen LogP contribution in [0.3, 0.4) is 0 Å². The molecule has 0 saturated carbocycles. The zero-order valence-corrected chi connectivity index (χ0v) is 9.05. The minimum Gasteiger partial charge on any atom is -0.386 e. The molecule has 3 nitrogen and oxygen atoms in total. The highest BCUT2D eigenvalue weighted by molar-refractivity contribution is 6.74. The van der Waals surface area contributed by atoms with E-state index in [2.05, 4.69) is 8.85 Å². The zero-order chi connectivity index (χ0) is 11.6. The van der Waals surface area contributed by atoms with Gasteiger partial charge in [0, 0.05) is 26.4 Å². The lowest BCUT2D eigenvalue weighted by molar-refractivity contribution is 0.167. The van der Waals surface area contributed by atoms with E-state index in [9.17, 15) is 18.0 Å². The van der Waals surface area contributed by atoms with E-state index < -0.39 is 31.4 Å². The summed E-state index contributed by atoms with van der Waals surface area (Å²) in [5.41, 5.74) is 0. The van der Waals surface area contributed by atoms with Gasteiger partial charge < -0.3 is 13.6 Å². The molecule has 15 heavy (non-hydrogen) atoms. The SMILES string of the molecule is CO[Si](O)(OC)c1c(F)cc(F)cc1F. The summed E-state index contributed by atoms with van der Waals surface area (Å²) in [6, 6.07) is 0.906. The molecule has 0 aliphatic carbocycles. The van der Waals surface area contributed by atoms with E-state index in [1.54, 1.807) is 0 Å². The van der Waals surface area contributed by atoms with Crippen molar-refractivity contribution >= 4 is 14.0 Å². The maximum atomic E-state index is 13.2. The quantitative estimate of drug-likeness (QED) is 0.781. The average Bonchev–Trinajstić information content (AvgIpc) is 2.15. The van der Waals surface area contributed by atoms with Crippen LogP contribution < -0.4 is 5.19 Å². The first-order valence-corrected chi connectivity index (χ1v) is 5.68. The van der Waals surface area contributed by atoms with Gasteiger partial charge >= 0.3 is 8.80 Å². The summed E-state index contributed by atoms with van der Waals surface area (Å²) in [7, 11) is -2.00. The summed E-state index contributed by atoms with van der Waals surface area (Å²) in [5, 5.41) is -0.756. The molecular formula is C8H9F3O3Si. The second-order valence-electron chi connectivity index (χ2n) is 2.73. The highest BCUT2D eigenvalue weighted by atomic mass is 28.4. The molecule has 0 amide bonds. The van der Waals surface area contributed by atoms with Crippen molar-refractivity contribution in [3.8, 4) is 0 Å². The van der Waals surface area contributed by atoms with Gasteiger partial charge in [-0.25, -0.2) is 13.2 Å². The summed E-state index contributed by atoms with van der Waals surface area (Å²) in [6.45, 7) is 0. The van der Waals surface area contributed by atoms with Crippen molar-refractivity contribution in [1.82, 2.24) is 0 Å². The van der Waals surface area contributed by atoms with Crippen molar-refractivity contribution in [2.75, 3.05) is 14.2 Å². The Kier molecular flexibility index (Phi) is 3.50. The summed E-state index contributed by atoms with van der Waals surface area (Å²) < 4.78 is 48.1. The van der Waals surface area contributed by atoms with E-state index in [-0.39, 0.29) is 0 Å². The summed E-state index contributed by atoms with van der Waals surface area (Å²) >= 11 is 0. The molecule has 0 fully saturated rings. The molecule has 7 heteroatoms. The van der Waals surface area contributed by atoms with Gasteiger partial charge in [-0.15, -0.1) is 0 Å². The first kappa shape index (κ1) is 12.2. The molecular weight excluding hydrogens is 229 g/mol. The Hall–Kier alpha value is -0.893. The van der Waals surface area contributed by atoms with E-state index in [0.717, 1.165) is 14.2 Å². The third-order valence-electron chi connectivity index (χ3n) is 1.88. The maximum absolute atomic E-state index is 13.2. The largest absolute Gasteiger partial charge is 0.540 e. The Labute approximate surface area is 85.4 Å². The fraction of sp³-hybridized carbons (Fsp3) is 0.250. The van der Waals surface area contributed by atoms with Crippen molar-refractivity contribution in [1.29, 1.82) is 0 Å². The molecule has 0 aromatic heterocycles. The molecule has 0 heterocycles. The van der Waals surface area contributed by atoms with Gasteiger partial charge in [0.05, 0.1) is 5.19 Å². The molecule has 0 saturated heterocycles. The monoisotopic (exact) mass is 238 g/mol. The molecule has 0 unspecified atom stereocenters. The fourth-order valence-corrected chi connectivity index (χ4v) is 2.45. The van der Waals surface area contributed by atoms with Gasteiger partial charge in [0.25, 0.3) is 0 Å². The van der Waals surface area contributed by atoms with Crippen LogP contribution >= 0.6 is 0 Å². The molecule has 1 rings (SSSR count). The van der Waals surface area contributed by atoms with Gasteiger partial charge in [0.1, 0.15) is 17.5 Å². The van der Waals surface area contributed by atoms with E-state index >= 15 is 0 Å². The van der Waals surface area contributed by atoms with Crippen LogP contribution in [0.1, 0.15) is 0 Å². The predicted molar refractivity (Wildman–Crippen MR) is 47.9 cm³/mol. The van der Waals surface area contributed by atoms with Gasteiger partial charge in [0.2, 0.25) is 0 Å². The molecule has 0 radical (unpaired) electrons. The molecule has 0 aliphatic rings. The number of hydrogen-bond acceptors (Lipinski definition) is 3. The number of halogens is 3. The molecule has 0 bridgehead atoms. The Morgan fingerprint density at radius 2 is 1.47 bits per heavy atom. The second kappa shape index (κ2) is 4.31. The third kappa shape index (κ3) is 2.20. The van der Waals surface area contributed by atoms with Crippen molar-refractivity contribution in [2.45, 2.75) is 0 Å². The lowest BCUT2D eigenvalue weighted by Crippen LogP contribution is -2.55. The van der Waals surface area contributed by atoms with Gasteiger partial charge in [-0.1, -0.05) is 0 Å². The van der Waals surface area contributed by atoms with Crippen molar-refractivity contribution in [2.24, 2.45) is 0 Å². The highest BCUT2D eigenvalue weighted by Crippen LogP contribution is 2.11. The van der Waals surface area contributed by atoms with Gasteiger partial charge in [-0.2, -0.15) is 0 Å². The van der Waals surface area contributed by atoms with Crippen molar-refractivity contribution < 1.29 is 26.8 Å². The molecule has 1 aromatic carbocycles. The topological polar surface area (TPSA) is 38.7 Å². The Morgan fingerprint density at radius 3 is 1.80 bits per heavy atom. The summed E-state index contributed by atoms with van der Waals surface area (Å²) in [6.07, 6.45) is 0. The Bertz CT molecular complexity index is 345. The van der Waals surface area contributed by atoms with E-state index in [1.807, 2.05) is 0 Å². The first-order valence-electron chi connectivity index (χ1n) is 3.92. The highest BCUT2D eigenvalue weighted by Gasteiger charge is 2.43. The van der Waals surface area contributed by atoms with Gasteiger partial charge in [0.15, 0.2) is 0 Å². The van der Waals surface area contributed by atoms with Gasteiger partial charge in [-0.05, 0) is 0 Å². The van der Waals surface area contributed by atoms with Crippen LogP contribution in [0.5, 0.6) is 0 Å². The fourth-order valence-electron chi connectivity index (χ4n) is 1.13. The normalized spacial score (nSPS) is 11.9. The molecule has 84 valence electrons. The van der Waals surface area contributed by atoms with Crippen LogP contribution in [0.25, 0.3) is 0 Å². The Morgan fingerprint density at radius 1 is 1.07 bits per heavy atom. The van der Waals surface area contributed by atoms with E-state index in [4.69, 9.17) is 0 Å². The second-order valence-corrected chi connectivity index (χ2v) is 5.21. The number of rotatable bonds is 3. The third-order valence-corrected chi connectivity index (χ3v) is 4.09. The van der Waals surface area contributed by atoms with Crippen LogP contribution in [0.4, 0.5) is 13.2 Å². The average molecular weight is 238 g/mol. The summed E-state index contributed by atoms with van der Waals surface area (Å²) in [4.78, 5) is 9.64. The van der Waals surface area contributed by atoms with Crippen LogP contribution in [0.2, 0.25) is 0 Å². The maximum Gasteiger partial charge on any atom is 0.540 e. The van der Waals surface area contributed by atoms with E-state index in [1.165, 1.54) is 0 Å². The van der Waals surface area contributed by atoms with Gasteiger partial charge in [-0.3, -0.25) is 0 Å².